The largest absolute Gasteiger partial charge is 0.344 e. The molecule has 3 nitrogen and oxygen atoms in total. The van der Waals surface area contributed by atoms with Crippen LogP contribution in [0.1, 0.15) is 18.4 Å². The quantitative estimate of drug-likeness (QED) is 0.890. The molecule has 1 N–H and O–H groups in total. The number of carbonyl (C=O) groups excluding carboxylic acids is 1. The van der Waals surface area contributed by atoms with Gasteiger partial charge in [-0.1, -0.05) is 6.07 Å². The first-order valence-electron chi connectivity index (χ1n) is 5.98. The number of likely N-dealkylation sites (N-methyl/N-ethyl adjacent to an activating group) is 1. The summed E-state index contributed by atoms with van der Waals surface area (Å²) in [7, 11) is 1.74. The molecule has 1 heterocycles. The van der Waals surface area contributed by atoms with Gasteiger partial charge in [-0.2, -0.15) is 0 Å². The van der Waals surface area contributed by atoms with Crippen molar-refractivity contribution in [1.29, 1.82) is 0 Å². The Kier molecular flexibility index (Phi) is 3.91. The number of rotatable bonds is 3. The van der Waals surface area contributed by atoms with E-state index >= 15 is 0 Å². The van der Waals surface area contributed by atoms with Crippen LogP contribution in [0.2, 0.25) is 0 Å². The maximum absolute atomic E-state index is 13.4. The Balaban J connectivity index is 1.94. The summed E-state index contributed by atoms with van der Waals surface area (Å²) in [4.78, 5) is 12.9. The van der Waals surface area contributed by atoms with Crippen molar-refractivity contribution in [3.05, 3.63) is 35.4 Å². The van der Waals surface area contributed by atoms with E-state index in [9.17, 15) is 13.6 Å². The zero-order valence-electron chi connectivity index (χ0n) is 10.2. The predicted octanol–water partition coefficient (Wildman–Crippen LogP) is 1.68. The molecule has 1 aromatic carbocycles. The molecule has 5 heteroatoms. The number of hydrogen-bond acceptors (Lipinski definition) is 2. The van der Waals surface area contributed by atoms with E-state index in [1.54, 1.807) is 11.9 Å². The van der Waals surface area contributed by atoms with Crippen molar-refractivity contribution in [2.45, 2.75) is 25.4 Å². The monoisotopic (exact) mass is 254 g/mol. The van der Waals surface area contributed by atoms with Gasteiger partial charge >= 0.3 is 0 Å². The topological polar surface area (TPSA) is 32.3 Å². The van der Waals surface area contributed by atoms with Gasteiger partial charge in [-0.3, -0.25) is 4.79 Å². The zero-order chi connectivity index (χ0) is 13.1. The van der Waals surface area contributed by atoms with E-state index in [2.05, 4.69) is 5.32 Å². The van der Waals surface area contributed by atoms with Gasteiger partial charge in [0, 0.05) is 38.2 Å². The Morgan fingerprint density at radius 2 is 2.06 bits per heavy atom. The maximum atomic E-state index is 13.4. The lowest BCUT2D eigenvalue weighted by molar-refractivity contribution is -0.132. The second-order valence-corrected chi connectivity index (χ2v) is 4.59. The lowest BCUT2D eigenvalue weighted by atomic mass is 10.1. The molecule has 1 amide bonds. The standard InChI is InChI=1S/C13H16F2N2O/c1-17-8-9(5-6-13(17)18)16-7-10-11(14)3-2-4-12(10)15/h2-4,9,16H,5-8H2,1H3. The summed E-state index contributed by atoms with van der Waals surface area (Å²) >= 11 is 0. The zero-order valence-corrected chi connectivity index (χ0v) is 10.2. The van der Waals surface area contributed by atoms with E-state index < -0.39 is 11.6 Å². The van der Waals surface area contributed by atoms with Crippen molar-refractivity contribution < 1.29 is 13.6 Å². The number of piperidine rings is 1. The normalized spacial score (nSPS) is 20.3. The molecule has 1 saturated heterocycles. The van der Waals surface area contributed by atoms with Crippen LogP contribution in [-0.4, -0.2) is 30.4 Å². The van der Waals surface area contributed by atoms with Crippen molar-refractivity contribution in [2.24, 2.45) is 0 Å². The fourth-order valence-electron chi connectivity index (χ4n) is 2.13. The van der Waals surface area contributed by atoms with Crippen LogP contribution in [0.5, 0.6) is 0 Å². The molecule has 0 saturated carbocycles. The van der Waals surface area contributed by atoms with E-state index in [4.69, 9.17) is 0 Å². The highest BCUT2D eigenvalue weighted by Gasteiger charge is 2.22. The number of nitrogens with zero attached hydrogens (tertiary/aromatic N) is 1. The average Bonchev–Trinajstić information content (AvgIpc) is 2.33. The van der Waals surface area contributed by atoms with Gasteiger partial charge < -0.3 is 10.2 Å². The van der Waals surface area contributed by atoms with Crippen LogP contribution in [-0.2, 0) is 11.3 Å². The van der Waals surface area contributed by atoms with E-state index in [-0.39, 0.29) is 24.1 Å². The van der Waals surface area contributed by atoms with Gasteiger partial charge in [0.05, 0.1) is 0 Å². The molecule has 1 aromatic rings. The van der Waals surface area contributed by atoms with E-state index in [0.29, 0.717) is 19.4 Å². The fraction of sp³-hybridized carbons (Fsp3) is 0.462. The Bertz CT molecular complexity index is 430. The molecule has 1 aliphatic heterocycles. The fourth-order valence-corrected chi connectivity index (χ4v) is 2.13. The Hall–Kier alpha value is -1.49. The highest BCUT2D eigenvalue weighted by molar-refractivity contribution is 5.76. The summed E-state index contributed by atoms with van der Waals surface area (Å²) in [6, 6.07) is 3.93. The van der Waals surface area contributed by atoms with E-state index in [1.165, 1.54) is 18.2 Å². The van der Waals surface area contributed by atoms with Crippen LogP contribution >= 0.6 is 0 Å². The third-order valence-corrected chi connectivity index (χ3v) is 3.26. The molecular weight excluding hydrogens is 238 g/mol. The second kappa shape index (κ2) is 5.44. The van der Waals surface area contributed by atoms with Crippen molar-refractivity contribution >= 4 is 5.91 Å². The van der Waals surface area contributed by atoms with Gasteiger partial charge in [0.15, 0.2) is 0 Å². The molecule has 1 fully saturated rings. The molecule has 98 valence electrons. The molecule has 1 atom stereocenters. The Morgan fingerprint density at radius 3 is 2.67 bits per heavy atom. The van der Waals surface area contributed by atoms with E-state index in [0.717, 1.165) is 0 Å². The van der Waals surface area contributed by atoms with E-state index in [1.807, 2.05) is 0 Å². The molecule has 0 aromatic heterocycles. The first-order chi connectivity index (χ1) is 8.58. The second-order valence-electron chi connectivity index (χ2n) is 4.59. The molecule has 1 unspecified atom stereocenters. The first kappa shape index (κ1) is 13.0. The number of carbonyl (C=O) groups is 1. The van der Waals surface area contributed by atoms with Crippen LogP contribution < -0.4 is 5.32 Å². The van der Waals surface area contributed by atoms with Crippen LogP contribution in [0.4, 0.5) is 8.78 Å². The number of nitrogens with one attached hydrogen (secondary N) is 1. The van der Waals surface area contributed by atoms with Gasteiger partial charge in [-0.25, -0.2) is 8.78 Å². The summed E-state index contributed by atoms with van der Waals surface area (Å²) in [5.74, 6) is -0.962. The molecule has 1 aliphatic rings. The molecule has 0 radical (unpaired) electrons. The van der Waals surface area contributed by atoms with Gasteiger partial charge in [-0.05, 0) is 18.6 Å². The van der Waals surface area contributed by atoms with Gasteiger partial charge in [0.1, 0.15) is 11.6 Å². The maximum Gasteiger partial charge on any atom is 0.222 e. The number of likely N-dealkylation sites (tertiary alicyclic amines) is 1. The highest BCUT2D eigenvalue weighted by Crippen LogP contribution is 2.14. The summed E-state index contributed by atoms with van der Waals surface area (Å²) in [5.41, 5.74) is 0.0528. The van der Waals surface area contributed by atoms with Crippen molar-refractivity contribution in [3.8, 4) is 0 Å². The molecule has 0 spiro atoms. The summed E-state index contributed by atoms with van der Waals surface area (Å²) in [6.07, 6.45) is 1.19. The Labute approximate surface area is 105 Å². The van der Waals surface area contributed by atoms with Crippen molar-refractivity contribution in [3.63, 3.8) is 0 Å². The molecule has 0 bridgehead atoms. The minimum absolute atomic E-state index is 0.0528. The number of hydrogen-bond donors (Lipinski definition) is 1. The lowest BCUT2D eigenvalue weighted by Crippen LogP contribution is -2.46. The van der Waals surface area contributed by atoms with Gasteiger partial charge in [-0.15, -0.1) is 0 Å². The van der Waals surface area contributed by atoms with Gasteiger partial charge in [0.2, 0.25) is 5.91 Å². The first-order valence-corrected chi connectivity index (χ1v) is 5.98. The smallest absolute Gasteiger partial charge is 0.222 e. The highest BCUT2D eigenvalue weighted by atomic mass is 19.1. The SMILES string of the molecule is CN1CC(NCc2c(F)cccc2F)CCC1=O. The Morgan fingerprint density at radius 1 is 1.39 bits per heavy atom. The molecular formula is C13H16F2N2O. The number of amides is 1. The van der Waals surface area contributed by atoms with Crippen molar-refractivity contribution in [1.82, 2.24) is 10.2 Å². The minimum Gasteiger partial charge on any atom is -0.344 e. The third-order valence-electron chi connectivity index (χ3n) is 3.26. The molecule has 18 heavy (non-hydrogen) atoms. The van der Waals surface area contributed by atoms with Crippen LogP contribution in [0, 0.1) is 11.6 Å². The van der Waals surface area contributed by atoms with Crippen molar-refractivity contribution in [2.75, 3.05) is 13.6 Å². The average molecular weight is 254 g/mol. The lowest BCUT2D eigenvalue weighted by Gasteiger charge is -2.30. The summed E-state index contributed by atoms with van der Waals surface area (Å²) < 4.78 is 26.8. The minimum atomic E-state index is -0.539. The number of benzene rings is 1. The summed E-state index contributed by atoms with van der Waals surface area (Å²) in [6.45, 7) is 0.722. The van der Waals surface area contributed by atoms with Crippen LogP contribution in [0.15, 0.2) is 18.2 Å². The van der Waals surface area contributed by atoms with Crippen LogP contribution in [0.25, 0.3) is 0 Å². The van der Waals surface area contributed by atoms with Gasteiger partial charge in [0.25, 0.3) is 0 Å². The van der Waals surface area contributed by atoms with Crippen LogP contribution in [0.3, 0.4) is 0 Å². The molecule has 0 aliphatic carbocycles. The predicted molar refractivity (Wildman–Crippen MR) is 63.9 cm³/mol. The summed E-state index contributed by atoms with van der Waals surface area (Å²) in [5, 5.41) is 3.10. The third kappa shape index (κ3) is 2.85. The number of halogens is 2. The molecule has 2 rings (SSSR count).